The number of nitrogens with one attached hydrogen (secondary N) is 1. The highest BCUT2D eigenvalue weighted by Crippen LogP contribution is 2.28. The number of ether oxygens (including phenoxy) is 3. The minimum absolute atomic E-state index is 0.153. The zero-order valence-electron chi connectivity index (χ0n) is 14.3. The summed E-state index contributed by atoms with van der Waals surface area (Å²) in [5.41, 5.74) is 1.27. The van der Waals surface area contributed by atoms with Gasteiger partial charge >= 0.3 is 0 Å². The molecule has 0 atom stereocenters. The van der Waals surface area contributed by atoms with Crippen LogP contribution in [0, 0.1) is 0 Å². The van der Waals surface area contributed by atoms with Gasteiger partial charge < -0.3 is 23.9 Å². The van der Waals surface area contributed by atoms with Crippen LogP contribution in [0.5, 0.6) is 17.2 Å². The fraction of sp³-hybridized carbons (Fsp3) is 0.167. The van der Waals surface area contributed by atoms with E-state index in [1.165, 1.54) is 13.5 Å². The van der Waals surface area contributed by atoms with Gasteiger partial charge in [-0.25, -0.2) is 0 Å². The van der Waals surface area contributed by atoms with Gasteiger partial charge in [0, 0.05) is 11.6 Å². The second-order valence-corrected chi connectivity index (χ2v) is 5.17. The molecular formula is C18H17N3O5. The molecule has 0 saturated carbocycles. The summed E-state index contributed by atoms with van der Waals surface area (Å²) < 4.78 is 21.0. The summed E-state index contributed by atoms with van der Waals surface area (Å²) in [4.78, 5) is 12.1. The predicted octanol–water partition coefficient (Wildman–Crippen LogP) is 2.77. The first kappa shape index (κ1) is 17.3. The van der Waals surface area contributed by atoms with Crippen LogP contribution in [0.3, 0.4) is 0 Å². The molecule has 26 heavy (non-hydrogen) atoms. The first-order valence-electron chi connectivity index (χ1n) is 7.71. The number of carbonyl (C=O) groups excluding carboxylic acids is 1. The largest absolute Gasteiger partial charge is 0.497 e. The Labute approximate surface area is 149 Å². The molecule has 0 aliphatic heterocycles. The van der Waals surface area contributed by atoms with Gasteiger partial charge in [-0.3, -0.25) is 4.79 Å². The van der Waals surface area contributed by atoms with Crippen molar-refractivity contribution in [3.8, 4) is 28.7 Å². The number of amides is 1. The van der Waals surface area contributed by atoms with E-state index >= 15 is 0 Å². The third kappa shape index (κ3) is 4.10. The van der Waals surface area contributed by atoms with Crippen molar-refractivity contribution in [2.24, 2.45) is 0 Å². The zero-order valence-corrected chi connectivity index (χ0v) is 14.3. The van der Waals surface area contributed by atoms with Gasteiger partial charge in [-0.1, -0.05) is 0 Å². The van der Waals surface area contributed by atoms with Gasteiger partial charge in [0.2, 0.25) is 12.3 Å². The number of aromatic nitrogens is 2. The molecule has 1 amide bonds. The minimum Gasteiger partial charge on any atom is -0.497 e. The Kier molecular flexibility index (Phi) is 5.33. The van der Waals surface area contributed by atoms with Crippen molar-refractivity contribution in [2.45, 2.75) is 0 Å². The van der Waals surface area contributed by atoms with Crippen molar-refractivity contribution < 1.29 is 23.4 Å². The average Bonchev–Trinajstić information content (AvgIpc) is 3.21. The summed E-state index contributed by atoms with van der Waals surface area (Å²) in [7, 11) is 3.08. The van der Waals surface area contributed by atoms with Crippen LogP contribution in [0.1, 0.15) is 0 Å². The van der Waals surface area contributed by atoms with E-state index in [0.29, 0.717) is 28.8 Å². The molecule has 3 aromatic rings. The zero-order chi connectivity index (χ0) is 18.4. The highest BCUT2D eigenvalue weighted by molar-refractivity contribution is 5.93. The molecular weight excluding hydrogens is 338 g/mol. The number of rotatable bonds is 7. The van der Waals surface area contributed by atoms with Crippen molar-refractivity contribution in [2.75, 3.05) is 26.1 Å². The van der Waals surface area contributed by atoms with Gasteiger partial charge in [-0.15, -0.1) is 10.2 Å². The Morgan fingerprint density at radius 1 is 1.08 bits per heavy atom. The molecule has 1 heterocycles. The second kappa shape index (κ2) is 8.02. The highest BCUT2D eigenvalue weighted by atomic mass is 16.5. The molecule has 2 aromatic carbocycles. The van der Waals surface area contributed by atoms with E-state index in [-0.39, 0.29) is 12.5 Å². The summed E-state index contributed by atoms with van der Waals surface area (Å²) >= 11 is 0. The Morgan fingerprint density at radius 3 is 2.50 bits per heavy atom. The number of hydrogen-bond donors (Lipinski definition) is 1. The van der Waals surface area contributed by atoms with Crippen molar-refractivity contribution in [1.82, 2.24) is 10.2 Å². The SMILES string of the molecule is COc1ccc(OC)c(NC(=O)COc2ccc(-c3nnco3)cc2)c1. The predicted molar refractivity (Wildman–Crippen MR) is 93.4 cm³/mol. The van der Waals surface area contributed by atoms with E-state index in [9.17, 15) is 4.79 Å². The lowest BCUT2D eigenvalue weighted by Crippen LogP contribution is -2.20. The summed E-state index contributed by atoms with van der Waals surface area (Å²) in [5.74, 6) is 1.78. The molecule has 0 aliphatic rings. The molecule has 1 N–H and O–H groups in total. The van der Waals surface area contributed by atoms with E-state index in [0.717, 1.165) is 5.56 Å². The molecule has 0 aliphatic carbocycles. The van der Waals surface area contributed by atoms with Crippen molar-refractivity contribution >= 4 is 11.6 Å². The number of carbonyl (C=O) groups is 1. The molecule has 0 fully saturated rings. The van der Waals surface area contributed by atoms with Crippen LogP contribution < -0.4 is 19.5 Å². The molecule has 0 unspecified atom stereocenters. The van der Waals surface area contributed by atoms with E-state index < -0.39 is 0 Å². The third-order valence-corrected chi connectivity index (χ3v) is 3.51. The van der Waals surface area contributed by atoms with Crippen molar-refractivity contribution in [1.29, 1.82) is 0 Å². The standard InChI is InChI=1S/C18H17N3O5/c1-23-14-7-8-16(24-2)15(9-14)20-17(22)10-25-13-5-3-12(4-6-13)18-21-19-11-26-18/h3-9,11H,10H2,1-2H3,(H,20,22). The second-order valence-electron chi connectivity index (χ2n) is 5.17. The van der Waals surface area contributed by atoms with Crippen LogP contribution >= 0.6 is 0 Å². The maximum absolute atomic E-state index is 12.1. The van der Waals surface area contributed by atoms with Crippen LogP contribution in [0.2, 0.25) is 0 Å². The fourth-order valence-corrected chi connectivity index (χ4v) is 2.24. The van der Waals surface area contributed by atoms with Gasteiger partial charge in [0.05, 0.1) is 19.9 Å². The van der Waals surface area contributed by atoms with Crippen LogP contribution in [0.4, 0.5) is 5.69 Å². The topological polar surface area (TPSA) is 95.7 Å². The van der Waals surface area contributed by atoms with Crippen molar-refractivity contribution in [3.63, 3.8) is 0 Å². The van der Waals surface area contributed by atoms with E-state index in [1.54, 1.807) is 49.6 Å². The number of hydrogen-bond acceptors (Lipinski definition) is 7. The molecule has 0 bridgehead atoms. The lowest BCUT2D eigenvalue weighted by molar-refractivity contribution is -0.118. The van der Waals surface area contributed by atoms with E-state index in [4.69, 9.17) is 18.6 Å². The summed E-state index contributed by atoms with van der Waals surface area (Å²) in [6.45, 7) is -0.153. The Bertz CT molecular complexity index is 863. The molecule has 1 aromatic heterocycles. The third-order valence-electron chi connectivity index (χ3n) is 3.51. The lowest BCUT2D eigenvalue weighted by atomic mass is 10.2. The highest BCUT2D eigenvalue weighted by Gasteiger charge is 2.10. The number of anilines is 1. The van der Waals surface area contributed by atoms with Crippen LogP contribution in [0.15, 0.2) is 53.3 Å². The van der Waals surface area contributed by atoms with Crippen LogP contribution in [-0.2, 0) is 4.79 Å². The summed E-state index contributed by atoms with van der Waals surface area (Å²) in [5, 5.41) is 10.2. The lowest BCUT2D eigenvalue weighted by Gasteiger charge is -2.12. The fourth-order valence-electron chi connectivity index (χ4n) is 2.24. The Hall–Kier alpha value is -3.55. The monoisotopic (exact) mass is 355 g/mol. The molecule has 3 rings (SSSR count). The average molecular weight is 355 g/mol. The van der Waals surface area contributed by atoms with Crippen LogP contribution in [0.25, 0.3) is 11.5 Å². The maximum Gasteiger partial charge on any atom is 0.262 e. The quantitative estimate of drug-likeness (QED) is 0.696. The Balaban J connectivity index is 1.59. The van der Waals surface area contributed by atoms with Gasteiger partial charge in [0.15, 0.2) is 6.61 Å². The number of nitrogens with zero attached hydrogens (tertiary/aromatic N) is 2. The number of methoxy groups -OCH3 is 2. The number of benzene rings is 2. The Morgan fingerprint density at radius 2 is 1.85 bits per heavy atom. The van der Waals surface area contributed by atoms with Crippen molar-refractivity contribution in [3.05, 3.63) is 48.9 Å². The first-order valence-corrected chi connectivity index (χ1v) is 7.71. The maximum atomic E-state index is 12.1. The van der Waals surface area contributed by atoms with Crippen LogP contribution in [-0.4, -0.2) is 36.9 Å². The molecule has 0 spiro atoms. The normalized spacial score (nSPS) is 10.2. The molecule has 0 saturated heterocycles. The minimum atomic E-state index is -0.322. The molecule has 0 radical (unpaired) electrons. The summed E-state index contributed by atoms with van der Waals surface area (Å²) in [6.07, 6.45) is 1.26. The smallest absolute Gasteiger partial charge is 0.262 e. The van der Waals surface area contributed by atoms with E-state index in [2.05, 4.69) is 15.5 Å². The van der Waals surface area contributed by atoms with E-state index in [1.807, 2.05) is 0 Å². The van der Waals surface area contributed by atoms with Gasteiger partial charge in [-0.2, -0.15) is 0 Å². The molecule has 8 nitrogen and oxygen atoms in total. The van der Waals surface area contributed by atoms with Gasteiger partial charge in [0.25, 0.3) is 5.91 Å². The first-order chi connectivity index (χ1) is 12.7. The molecule has 134 valence electrons. The van der Waals surface area contributed by atoms with Gasteiger partial charge in [-0.05, 0) is 36.4 Å². The summed E-state index contributed by atoms with van der Waals surface area (Å²) in [6, 6.07) is 12.1. The molecule has 8 heteroatoms. The van der Waals surface area contributed by atoms with Gasteiger partial charge in [0.1, 0.15) is 17.2 Å².